The van der Waals surface area contributed by atoms with Crippen molar-refractivity contribution in [3.63, 3.8) is 0 Å². The lowest BCUT2D eigenvalue weighted by Crippen LogP contribution is -2.43. The van der Waals surface area contributed by atoms with Gasteiger partial charge in [-0.15, -0.1) is 11.3 Å². The Morgan fingerprint density at radius 2 is 1.96 bits per heavy atom. The predicted octanol–water partition coefficient (Wildman–Crippen LogP) is 3.07. The fourth-order valence-corrected chi connectivity index (χ4v) is 3.19. The van der Waals surface area contributed by atoms with Crippen molar-refractivity contribution in [2.24, 2.45) is 0 Å². The van der Waals surface area contributed by atoms with Gasteiger partial charge in [0.05, 0.1) is 12.6 Å². The summed E-state index contributed by atoms with van der Waals surface area (Å²) in [4.78, 5) is 24.8. The second-order valence-corrected chi connectivity index (χ2v) is 7.08. The molecule has 3 rings (SSSR count). The van der Waals surface area contributed by atoms with Crippen LogP contribution in [-0.2, 0) is 4.79 Å². The largest absolute Gasteiger partial charge is 0.343 e. The molecule has 5 nitrogen and oxygen atoms in total. The molecule has 0 aliphatic heterocycles. The maximum absolute atomic E-state index is 12.2. The average molecular weight is 364 g/mol. The van der Waals surface area contributed by atoms with Crippen molar-refractivity contribution in [3.05, 3.63) is 57.2 Å². The Kier molecular flexibility index (Phi) is 5.37. The first-order valence-electron chi connectivity index (χ1n) is 7.74. The van der Waals surface area contributed by atoms with Gasteiger partial charge in [0.2, 0.25) is 5.91 Å². The normalized spacial score (nSPS) is 14.7. The second-order valence-electron chi connectivity index (χ2n) is 5.67. The van der Waals surface area contributed by atoms with Crippen LogP contribution >= 0.6 is 22.9 Å². The van der Waals surface area contributed by atoms with Gasteiger partial charge in [-0.3, -0.25) is 4.79 Å². The van der Waals surface area contributed by atoms with Crippen LogP contribution in [0.1, 0.15) is 29.3 Å². The average Bonchev–Trinajstić information content (AvgIpc) is 3.21. The first-order valence-corrected chi connectivity index (χ1v) is 9.00. The van der Waals surface area contributed by atoms with Crippen LogP contribution in [0.15, 0.2) is 41.8 Å². The van der Waals surface area contributed by atoms with Crippen LogP contribution in [0.3, 0.4) is 0 Å². The van der Waals surface area contributed by atoms with Gasteiger partial charge in [0.1, 0.15) is 0 Å². The monoisotopic (exact) mass is 363 g/mol. The third-order valence-corrected chi connectivity index (χ3v) is 4.85. The van der Waals surface area contributed by atoms with Crippen molar-refractivity contribution in [1.29, 1.82) is 0 Å². The van der Waals surface area contributed by atoms with Crippen LogP contribution in [0.2, 0.25) is 5.02 Å². The standard InChI is InChI=1S/C17H18ClN3O2S/c18-12-5-3-11(4-6-12)16(14-2-1-9-24-14)21-15(22)10-19-17(23)20-13-7-8-13/h1-6,9,13,16H,7-8,10H2,(H,21,22)(H2,19,20,23). The van der Waals surface area contributed by atoms with Crippen LogP contribution in [0.5, 0.6) is 0 Å². The van der Waals surface area contributed by atoms with E-state index in [0.29, 0.717) is 5.02 Å². The van der Waals surface area contributed by atoms with Crippen molar-refractivity contribution < 1.29 is 9.59 Å². The second kappa shape index (κ2) is 7.68. The number of carbonyl (C=O) groups excluding carboxylic acids is 2. The van der Waals surface area contributed by atoms with Crippen molar-refractivity contribution in [1.82, 2.24) is 16.0 Å². The van der Waals surface area contributed by atoms with Crippen LogP contribution in [-0.4, -0.2) is 24.5 Å². The minimum absolute atomic E-state index is 0.0615. The third-order valence-electron chi connectivity index (χ3n) is 3.66. The van der Waals surface area contributed by atoms with Gasteiger partial charge in [-0.1, -0.05) is 29.8 Å². The molecule has 0 radical (unpaired) electrons. The summed E-state index contributed by atoms with van der Waals surface area (Å²) in [5, 5.41) is 10.9. The predicted molar refractivity (Wildman–Crippen MR) is 95.3 cm³/mol. The lowest BCUT2D eigenvalue weighted by molar-refractivity contribution is -0.120. The molecule has 1 atom stereocenters. The van der Waals surface area contributed by atoms with E-state index in [-0.39, 0.29) is 30.6 Å². The van der Waals surface area contributed by atoms with Crippen molar-refractivity contribution in [2.45, 2.75) is 24.9 Å². The maximum Gasteiger partial charge on any atom is 0.315 e. The SMILES string of the molecule is O=C(CNC(=O)NC1CC1)NC(c1ccc(Cl)cc1)c1cccs1. The summed E-state index contributed by atoms with van der Waals surface area (Å²) >= 11 is 7.50. The zero-order chi connectivity index (χ0) is 16.9. The molecule has 7 heteroatoms. The van der Waals surface area contributed by atoms with E-state index >= 15 is 0 Å². The van der Waals surface area contributed by atoms with Crippen LogP contribution in [0.4, 0.5) is 4.79 Å². The Hall–Kier alpha value is -2.05. The molecule has 1 saturated carbocycles. The molecule has 126 valence electrons. The Bertz CT molecular complexity index is 699. The highest BCUT2D eigenvalue weighted by molar-refractivity contribution is 7.10. The Labute approximate surface area is 149 Å². The Balaban J connectivity index is 1.62. The van der Waals surface area contributed by atoms with E-state index in [1.54, 1.807) is 23.5 Å². The van der Waals surface area contributed by atoms with Gasteiger partial charge in [0, 0.05) is 15.9 Å². The molecule has 24 heavy (non-hydrogen) atoms. The van der Waals surface area contributed by atoms with E-state index in [9.17, 15) is 9.59 Å². The van der Waals surface area contributed by atoms with E-state index in [1.807, 2.05) is 29.6 Å². The molecule has 1 fully saturated rings. The quantitative estimate of drug-likeness (QED) is 0.738. The number of nitrogens with one attached hydrogen (secondary N) is 3. The topological polar surface area (TPSA) is 70.2 Å². The first-order chi connectivity index (χ1) is 11.6. The number of urea groups is 1. The lowest BCUT2D eigenvalue weighted by Gasteiger charge is -2.18. The number of halogens is 1. The molecule has 1 heterocycles. The molecule has 2 aromatic rings. The summed E-state index contributed by atoms with van der Waals surface area (Å²) in [6.07, 6.45) is 2.02. The van der Waals surface area contributed by atoms with E-state index < -0.39 is 0 Å². The number of rotatable bonds is 6. The molecule has 0 spiro atoms. The van der Waals surface area contributed by atoms with Gasteiger partial charge in [0.25, 0.3) is 0 Å². The maximum atomic E-state index is 12.2. The number of amides is 3. The molecule has 3 N–H and O–H groups in total. The van der Waals surface area contributed by atoms with E-state index in [0.717, 1.165) is 23.3 Å². The van der Waals surface area contributed by atoms with E-state index in [1.165, 1.54) is 0 Å². The Morgan fingerprint density at radius 1 is 1.21 bits per heavy atom. The van der Waals surface area contributed by atoms with Crippen molar-refractivity contribution >= 4 is 34.9 Å². The summed E-state index contributed by atoms with van der Waals surface area (Å²) < 4.78 is 0. The summed E-state index contributed by atoms with van der Waals surface area (Å²) in [6.45, 7) is -0.0615. The molecular formula is C17H18ClN3O2S. The minimum atomic E-state index is -0.299. The van der Waals surface area contributed by atoms with Crippen LogP contribution in [0.25, 0.3) is 0 Å². The number of hydrogen-bond acceptors (Lipinski definition) is 3. The van der Waals surface area contributed by atoms with Gasteiger partial charge >= 0.3 is 6.03 Å². The molecular weight excluding hydrogens is 346 g/mol. The minimum Gasteiger partial charge on any atom is -0.343 e. The van der Waals surface area contributed by atoms with E-state index in [2.05, 4.69) is 16.0 Å². The highest BCUT2D eigenvalue weighted by Crippen LogP contribution is 2.27. The van der Waals surface area contributed by atoms with Crippen LogP contribution < -0.4 is 16.0 Å². The third kappa shape index (κ3) is 4.72. The number of thiophene rings is 1. The number of carbonyl (C=O) groups is 2. The lowest BCUT2D eigenvalue weighted by atomic mass is 10.1. The fraction of sp³-hybridized carbons (Fsp3) is 0.294. The fourth-order valence-electron chi connectivity index (χ4n) is 2.27. The molecule has 3 amide bonds. The molecule has 1 unspecified atom stereocenters. The molecule has 1 aromatic carbocycles. The molecule has 1 aromatic heterocycles. The summed E-state index contributed by atoms with van der Waals surface area (Å²) in [5.74, 6) is -0.241. The van der Waals surface area contributed by atoms with Crippen molar-refractivity contribution in [2.75, 3.05) is 6.54 Å². The molecule has 0 bridgehead atoms. The Morgan fingerprint density at radius 3 is 2.58 bits per heavy atom. The number of benzene rings is 1. The van der Waals surface area contributed by atoms with Gasteiger partial charge in [0.15, 0.2) is 0 Å². The summed E-state index contributed by atoms with van der Waals surface area (Å²) in [5.41, 5.74) is 0.942. The number of hydrogen-bond donors (Lipinski definition) is 3. The van der Waals surface area contributed by atoms with Gasteiger partial charge < -0.3 is 16.0 Å². The molecule has 1 aliphatic carbocycles. The first kappa shape index (κ1) is 16.8. The summed E-state index contributed by atoms with van der Waals surface area (Å²) in [7, 11) is 0. The van der Waals surface area contributed by atoms with Crippen molar-refractivity contribution in [3.8, 4) is 0 Å². The molecule has 1 aliphatic rings. The van der Waals surface area contributed by atoms with E-state index in [4.69, 9.17) is 11.6 Å². The van der Waals surface area contributed by atoms with Crippen LogP contribution in [0, 0.1) is 0 Å². The zero-order valence-corrected chi connectivity index (χ0v) is 14.5. The van der Waals surface area contributed by atoms with Gasteiger partial charge in [-0.2, -0.15) is 0 Å². The molecule has 0 saturated heterocycles. The van der Waals surface area contributed by atoms with Gasteiger partial charge in [-0.05, 0) is 42.0 Å². The highest BCUT2D eigenvalue weighted by Gasteiger charge is 2.23. The highest BCUT2D eigenvalue weighted by atomic mass is 35.5. The van der Waals surface area contributed by atoms with Gasteiger partial charge in [-0.25, -0.2) is 4.79 Å². The zero-order valence-electron chi connectivity index (χ0n) is 12.9. The smallest absolute Gasteiger partial charge is 0.315 e. The summed E-state index contributed by atoms with van der Waals surface area (Å²) in [6, 6.07) is 11.0.